The monoisotopic (exact) mass is 327 g/mol. The number of carbonyl (C=O) groups excluding carboxylic acids is 2. The lowest BCUT2D eigenvalue weighted by Gasteiger charge is -2.18. The summed E-state index contributed by atoms with van der Waals surface area (Å²) in [4.78, 5) is 25.4. The Balaban J connectivity index is 2.09. The molecule has 1 saturated carbocycles. The lowest BCUT2D eigenvalue weighted by molar-refractivity contribution is -0.130. The summed E-state index contributed by atoms with van der Waals surface area (Å²) in [6.45, 7) is 1.69. The molecule has 0 aromatic carbocycles. The summed E-state index contributed by atoms with van der Waals surface area (Å²) in [5.41, 5.74) is 0.604. The van der Waals surface area contributed by atoms with E-state index in [0.29, 0.717) is 11.7 Å². The van der Waals surface area contributed by atoms with Crippen molar-refractivity contribution in [1.29, 1.82) is 0 Å². The van der Waals surface area contributed by atoms with Gasteiger partial charge in [-0.3, -0.25) is 9.59 Å². The van der Waals surface area contributed by atoms with Crippen LogP contribution in [0.2, 0.25) is 0 Å². The van der Waals surface area contributed by atoms with Gasteiger partial charge in [-0.2, -0.15) is 0 Å². The minimum absolute atomic E-state index is 0.114. The molecule has 1 heterocycles. The van der Waals surface area contributed by atoms with Crippen LogP contribution >= 0.6 is 15.9 Å². The molecule has 1 atom stereocenters. The fourth-order valence-electron chi connectivity index (χ4n) is 2.00. The van der Waals surface area contributed by atoms with Gasteiger partial charge in [-0.15, -0.1) is 0 Å². The average Bonchev–Trinajstić information content (AvgIpc) is 3.11. The molecule has 0 spiro atoms. The molecular formula is C13H18BrN3O2. The molecule has 1 aromatic rings. The Morgan fingerprint density at radius 3 is 2.63 bits per heavy atom. The number of rotatable bonds is 4. The topological polar surface area (TPSA) is 54.3 Å². The molecular weight excluding hydrogens is 310 g/mol. The molecule has 1 N–H and O–H groups in total. The van der Waals surface area contributed by atoms with Gasteiger partial charge in [0.2, 0.25) is 5.91 Å². The summed E-state index contributed by atoms with van der Waals surface area (Å²) in [5, 5.41) is 2.74. The van der Waals surface area contributed by atoms with E-state index in [1.807, 2.05) is 10.8 Å². The molecule has 104 valence electrons. The van der Waals surface area contributed by atoms with Crippen LogP contribution in [0.1, 0.15) is 36.3 Å². The molecule has 2 amide bonds. The molecule has 1 fully saturated rings. The molecule has 1 aromatic heterocycles. The Morgan fingerprint density at radius 2 is 2.11 bits per heavy atom. The third-order valence-electron chi connectivity index (χ3n) is 3.15. The van der Waals surface area contributed by atoms with Crippen LogP contribution in [0.25, 0.3) is 0 Å². The van der Waals surface area contributed by atoms with Crippen molar-refractivity contribution in [3.63, 3.8) is 0 Å². The highest BCUT2D eigenvalue weighted by atomic mass is 79.9. The highest BCUT2D eigenvalue weighted by Gasteiger charge is 2.28. The van der Waals surface area contributed by atoms with E-state index in [4.69, 9.17) is 0 Å². The minimum Gasteiger partial charge on any atom is -0.347 e. The Morgan fingerprint density at radius 1 is 1.47 bits per heavy atom. The standard InChI is InChI=1S/C13H18BrN3O2/c1-8(13(19)16(2)3)15-12(18)11-6-9(14)7-17(11)10-4-5-10/h6-8,10H,4-5H2,1-3H3,(H,15,18). The fraction of sp³-hybridized carbons (Fsp3) is 0.538. The van der Waals surface area contributed by atoms with E-state index in [0.717, 1.165) is 17.3 Å². The molecule has 5 nitrogen and oxygen atoms in total. The maximum Gasteiger partial charge on any atom is 0.268 e. The third kappa shape index (κ3) is 3.18. The zero-order valence-electron chi connectivity index (χ0n) is 11.3. The number of carbonyl (C=O) groups is 2. The molecule has 0 bridgehead atoms. The van der Waals surface area contributed by atoms with Crippen LogP contribution in [0.4, 0.5) is 0 Å². The molecule has 6 heteroatoms. The van der Waals surface area contributed by atoms with Gasteiger partial charge in [-0.1, -0.05) is 0 Å². The first-order valence-electron chi connectivity index (χ1n) is 6.29. The Labute approximate surface area is 121 Å². The number of hydrogen-bond donors (Lipinski definition) is 1. The van der Waals surface area contributed by atoms with E-state index in [1.54, 1.807) is 27.1 Å². The minimum atomic E-state index is -0.524. The highest BCUT2D eigenvalue weighted by Crippen LogP contribution is 2.37. The van der Waals surface area contributed by atoms with Crippen LogP contribution in [-0.4, -0.2) is 41.4 Å². The third-order valence-corrected chi connectivity index (χ3v) is 3.58. The highest BCUT2D eigenvalue weighted by molar-refractivity contribution is 9.10. The van der Waals surface area contributed by atoms with E-state index in [-0.39, 0.29) is 11.8 Å². The summed E-state index contributed by atoms with van der Waals surface area (Å²) >= 11 is 3.39. The van der Waals surface area contributed by atoms with Crippen LogP contribution in [0.3, 0.4) is 0 Å². The molecule has 1 aliphatic rings. The van der Waals surface area contributed by atoms with Gasteiger partial charge in [0.05, 0.1) is 0 Å². The van der Waals surface area contributed by atoms with Gasteiger partial charge in [0.15, 0.2) is 0 Å². The second-order valence-corrected chi connectivity index (χ2v) is 6.03. The quantitative estimate of drug-likeness (QED) is 0.916. The summed E-state index contributed by atoms with van der Waals surface area (Å²) in [7, 11) is 3.35. The second-order valence-electron chi connectivity index (χ2n) is 5.11. The lowest BCUT2D eigenvalue weighted by Crippen LogP contribution is -2.44. The SMILES string of the molecule is CC(NC(=O)c1cc(Br)cn1C1CC1)C(=O)N(C)C. The number of aromatic nitrogens is 1. The Kier molecular flexibility index (Phi) is 3.99. The van der Waals surface area contributed by atoms with E-state index in [9.17, 15) is 9.59 Å². The van der Waals surface area contributed by atoms with Gasteiger partial charge in [0, 0.05) is 30.8 Å². The number of likely N-dealkylation sites (N-methyl/N-ethyl adjacent to an activating group) is 1. The van der Waals surface area contributed by atoms with Crippen molar-refractivity contribution in [1.82, 2.24) is 14.8 Å². The van der Waals surface area contributed by atoms with E-state index < -0.39 is 6.04 Å². The van der Waals surface area contributed by atoms with E-state index >= 15 is 0 Å². The van der Waals surface area contributed by atoms with Crippen LogP contribution in [0.5, 0.6) is 0 Å². The van der Waals surface area contributed by atoms with Gasteiger partial charge in [-0.25, -0.2) is 0 Å². The molecule has 1 unspecified atom stereocenters. The van der Waals surface area contributed by atoms with Crippen molar-refractivity contribution >= 4 is 27.7 Å². The maximum atomic E-state index is 12.2. The fourth-order valence-corrected chi connectivity index (χ4v) is 2.44. The predicted octanol–water partition coefficient (Wildman–Crippen LogP) is 1.79. The predicted molar refractivity (Wildman–Crippen MR) is 76.0 cm³/mol. The summed E-state index contributed by atoms with van der Waals surface area (Å²) in [6.07, 6.45) is 4.13. The van der Waals surface area contributed by atoms with Gasteiger partial charge >= 0.3 is 0 Å². The van der Waals surface area contributed by atoms with Crippen LogP contribution < -0.4 is 5.32 Å². The molecule has 0 saturated heterocycles. The molecule has 0 radical (unpaired) electrons. The van der Waals surface area contributed by atoms with Crippen molar-refractivity contribution in [2.24, 2.45) is 0 Å². The first-order valence-corrected chi connectivity index (χ1v) is 7.09. The second kappa shape index (κ2) is 5.36. The van der Waals surface area contributed by atoms with Crippen molar-refractivity contribution in [3.8, 4) is 0 Å². The summed E-state index contributed by atoms with van der Waals surface area (Å²) in [5.74, 6) is -0.322. The zero-order valence-corrected chi connectivity index (χ0v) is 12.9. The normalized spacial score (nSPS) is 16.0. The van der Waals surface area contributed by atoms with E-state index in [2.05, 4.69) is 21.2 Å². The first kappa shape index (κ1) is 14.1. The molecule has 0 aliphatic heterocycles. The van der Waals surface area contributed by atoms with Gasteiger partial charge in [-0.05, 0) is 41.8 Å². The van der Waals surface area contributed by atoms with E-state index in [1.165, 1.54) is 4.90 Å². The van der Waals surface area contributed by atoms with Gasteiger partial charge in [0.25, 0.3) is 5.91 Å². The molecule has 1 aliphatic carbocycles. The van der Waals surface area contributed by atoms with Crippen LogP contribution in [0.15, 0.2) is 16.7 Å². The van der Waals surface area contributed by atoms with Crippen LogP contribution in [0, 0.1) is 0 Å². The van der Waals surface area contributed by atoms with Crippen LogP contribution in [-0.2, 0) is 4.79 Å². The largest absolute Gasteiger partial charge is 0.347 e. The van der Waals surface area contributed by atoms with Gasteiger partial charge < -0.3 is 14.8 Å². The Hall–Kier alpha value is -1.30. The number of hydrogen-bond acceptors (Lipinski definition) is 2. The van der Waals surface area contributed by atoms with Crippen molar-refractivity contribution < 1.29 is 9.59 Å². The smallest absolute Gasteiger partial charge is 0.268 e. The van der Waals surface area contributed by atoms with Crippen molar-refractivity contribution in [2.45, 2.75) is 31.8 Å². The summed E-state index contributed by atoms with van der Waals surface area (Å²) in [6, 6.07) is 1.69. The van der Waals surface area contributed by atoms with Gasteiger partial charge in [0.1, 0.15) is 11.7 Å². The number of nitrogens with one attached hydrogen (secondary N) is 1. The lowest BCUT2D eigenvalue weighted by atomic mass is 10.2. The average molecular weight is 328 g/mol. The van der Waals surface area contributed by atoms with Crippen molar-refractivity contribution in [2.75, 3.05) is 14.1 Å². The number of nitrogens with zero attached hydrogens (tertiary/aromatic N) is 2. The molecule has 19 heavy (non-hydrogen) atoms. The number of amides is 2. The van der Waals surface area contributed by atoms with Crippen molar-refractivity contribution in [3.05, 3.63) is 22.4 Å². The maximum absolute atomic E-state index is 12.2. The molecule has 2 rings (SSSR count). The first-order chi connectivity index (χ1) is 8.90. The Bertz CT molecular complexity index is 506. The zero-order chi connectivity index (χ0) is 14.2. The number of halogens is 1. The summed E-state index contributed by atoms with van der Waals surface area (Å²) < 4.78 is 2.86.